The summed E-state index contributed by atoms with van der Waals surface area (Å²) in [5, 5.41) is 6.93. The largest absolute Gasteiger partial charge is 0.324 e. The van der Waals surface area contributed by atoms with Crippen LogP contribution < -0.4 is 15.5 Å². The molecule has 3 aliphatic heterocycles. The van der Waals surface area contributed by atoms with Crippen LogP contribution in [-0.4, -0.2) is 35.8 Å². The first kappa shape index (κ1) is 20.8. The van der Waals surface area contributed by atoms with Crippen LogP contribution >= 0.6 is 35.0 Å². The molecule has 0 bridgehead atoms. The predicted octanol–water partition coefficient (Wildman–Crippen LogP) is 3.67. The number of benzene rings is 2. The fourth-order valence-electron chi connectivity index (χ4n) is 5.15. The van der Waals surface area contributed by atoms with Gasteiger partial charge in [0.25, 0.3) is 0 Å². The molecule has 0 aromatic heterocycles. The number of anilines is 2. The summed E-state index contributed by atoms with van der Waals surface area (Å²) in [5.74, 6) is -1.86. The van der Waals surface area contributed by atoms with Crippen molar-refractivity contribution in [1.29, 1.82) is 0 Å². The molecule has 5 rings (SSSR count). The normalized spacial score (nSPS) is 28.9. The Kier molecular flexibility index (Phi) is 5.05. The van der Waals surface area contributed by atoms with E-state index in [0.717, 1.165) is 10.7 Å². The average Bonchev–Trinajstić information content (AvgIpc) is 3.33. The monoisotopic (exact) mass is 475 g/mol. The van der Waals surface area contributed by atoms with Crippen molar-refractivity contribution in [2.24, 2.45) is 11.8 Å². The van der Waals surface area contributed by atoms with E-state index in [-0.39, 0.29) is 28.6 Å². The van der Waals surface area contributed by atoms with Gasteiger partial charge in [0.15, 0.2) is 0 Å². The van der Waals surface area contributed by atoms with Gasteiger partial charge in [-0.1, -0.05) is 41.4 Å². The summed E-state index contributed by atoms with van der Waals surface area (Å²) >= 11 is 14.1. The number of para-hydroxylation sites is 1. The number of hydrogen-bond acceptors (Lipinski definition) is 5. The highest BCUT2D eigenvalue weighted by molar-refractivity contribution is 7.98. The van der Waals surface area contributed by atoms with Gasteiger partial charge in [-0.05, 0) is 42.7 Å². The average molecular weight is 476 g/mol. The van der Waals surface area contributed by atoms with E-state index in [4.69, 9.17) is 23.2 Å². The molecule has 2 aromatic carbocycles. The van der Waals surface area contributed by atoms with Crippen molar-refractivity contribution in [3.8, 4) is 0 Å². The van der Waals surface area contributed by atoms with Gasteiger partial charge in [-0.2, -0.15) is 11.8 Å². The topological polar surface area (TPSA) is 78.5 Å². The molecule has 31 heavy (non-hydrogen) atoms. The molecule has 2 fully saturated rings. The molecule has 1 spiro atoms. The highest BCUT2D eigenvalue weighted by atomic mass is 35.5. The summed E-state index contributed by atoms with van der Waals surface area (Å²) in [5.41, 5.74) is 0.311. The number of carbonyl (C=O) groups excluding carboxylic acids is 3. The van der Waals surface area contributed by atoms with Gasteiger partial charge in [0, 0.05) is 22.3 Å². The van der Waals surface area contributed by atoms with Crippen molar-refractivity contribution in [2.45, 2.75) is 18.0 Å². The number of fused-ring (bicyclic) bond motifs is 4. The smallest absolute Gasteiger partial charge is 0.250 e. The number of amides is 3. The Morgan fingerprint density at radius 1 is 1.10 bits per heavy atom. The third-order valence-electron chi connectivity index (χ3n) is 6.40. The zero-order chi connectivity index (χ0) is 21.9. The second-order valence-corrected chi connectivity index (χ2v) is 9.78. The molecule has 2 aromatic rings. The standard InChI is InChI=1S/C22H19Cl2N3O3S/c1-31-9-8-15-17-18(22(26-15)12-4-2-3-5-14(12)25-21(22)30)20(29)27(19(17)28)16-10-11(23)6-7-13(16)24/h2-7,10,15,17-18,26H,8-9H2,1H3,(H,25,30)/t15-,17-,18+,22-/m0/s1. The fraction of sp³-hybridized carbons (Fsp3) is 0.318. The second kappa shape index (κ2) is 7.52. The van der Waals surface area contributed by atoms with E-state index in [1.165, 1.54) is 6.07 Å². The quantitative estimate of drug-likeness (QED) is 0.659. The van der Waals surface area contributed by atoms with E-state index < -0.39 is 23.3 Å². The van der Waals surface area contributed by atoms with Gasteiger partial charge in [0.05, 0.1) is 22.5 Å². The predicted molar refractivity (Wildman–Crippen MR) is 123 cm³/mol. The van der Waals surface area contributed by atoms with Gasteiger partial charge in [-0.15, -0.1) is 0 Å². The maximum Gasteiger partial charge on any atom is 0.250 e. The first-order chi connectivity index (χ1) is 14.9. The van der Waals surface area contributed by atoms with Gasteiger partial charge in [-0.25, -0.2) is 4.90 Å². The lowest BCUT2D eigenvalue weighted by Crippen LogP contribution is -2.53. The highest BCUT2D eigenvalue weighted by Gasteiger charge is 2.70. The summed E-state index contributed by atoms with van der Waals surface area (Å²) in [7, 11) is 0. The summed E-state index contributed by atoms with van der Waals surface area (Å²) < 4.78 is 0. The van der Waals surface area contributed by atoms with E-state index in [1.54, 1.807) is 30.0 Å². The molecular formula is C22H19Cl2N3O3S. The number of rotatable bonds is 4. The van der Waals surface area contributed by atoms with Crippen LogP contribution in [0, 0.1) is 11.8 Å². The number of nitrogens with one attached hydrogen (secondary N) is 2. The van der Waals surface area contributed by atoms with Crippen molar-refractivity contribution in [2.75, 3.05) is 22.2 Å². The minimum Gasteiger partial charge on any atom is -0.324 e. The Morgan fingerprint density at radius 2 is 1.87 bits per heavy atom. The molecule has 2 N–H and O–H groups in total. The van der Waals surface area contributed by atoms with Gasteiger partial charge >= 0.3 is 0 Å². The van der Waals surface area contributed by atoms with Crippen molar-refractivity contribution in [3.05, 3.63) is 58.1 Å². The number of nitrogens with zero attached hydrogens (tertiary/aromatic N) is 1. The maximum absolute atomic E-state index is 13.8. The minimum absolute atomic E-state index is 0.254. The van der Waals surface area contributed by atoms with Crippen molar-refractivity contribution < 1.29 is 14.4 Å². The van der Waals surface area contributed by atoms with Gasteiger partial charge < -0.3 is 5.32 Å². The SMILES string of the molecule is CSCC[C@@H]1N[C@]2(C(=O)Nc3ccccc32)[C@H]2C(=O)N(c3cc(Cl)ccc3Cl)C(=O)[C@@H]12. The number of halogens is 2. The van der Waals surface area contributed by atoms with Crippen LogP contribution in [0.1, 0.15) is 12.0 Å². The summed E-state index contributed by atoms with van der Waals surface area (Å²) in [6.07, 6.45) is 2.63. The van der Waals surface area contributed by atoms with Crippen molar-refractivity contribution in [1.82, 2.24) is 5.32 Å². The van der Waals surface area contributed by atoms with Crippen LogP contribution in [-0.2, 0) is 19.9 Å². The number of imide groups is 1. The van der Waals surface area contributed by atoms with Gasteiger partial charge in [-0.3, -0.25) is 19.7 Å². The first-order valence-corrected chi connectivity index (χ1v) is 12.1. The molecule has 0 radical (unpaired) electrons. The third-order valence-corrected chi connectivity index (χ3v) is 7.60. The molecule has 0 aliphatic carbocycles. The summed E-state index contributed by atoms with van der Waals surface area (Å²) in [6.45, 7) is 0. The summed E-state index contributed by atoms with van der Waals surface area (Å²) in [4.78, 5) is 41.8. The lowest BCUT2D eigenvalue weighted by atomic mass is 9.76. The molecule has 6 nitrogen and oxygen atoms in total. The molecular weight excluding hydrogens is 457 g/mol. The van der Waals surface area contributed by atoms with Crippen LogP contribution in [0.4, 0.5) is 11.4 Å². The third kappa shape index (κ3) is 2.87. The lowest BCUT2D eigenvalue weighted by molar-refractivity contribution is -0.130. The van der Waals surface area contributed by atoms with E-state index in [1.807, 2.05) is 24.5 Å². The number of carbonyl (C=O) groups is 3. The zero-order valence-corrected chi connectivity index (χ0v) is 18.9. The number of thioether (sulfide) groups is 1. The maximum atomic E-state index is 13.8. The molecule has 4 atom stereocenters. The van der Waals surface area contributed by atoms with Crippen LogP contribution in [0.25, 0.3) is 0 Å². The van der Waals surface area contributed by atoms with Crippen LogP contribution in [0.15, 0.2) is 42.5 Å². The molecule has 2 saturated heterocycles. The van der Waals surface area contributed by atoms with Gasteiger partial charge in [0.1, 0.15) is 5.54 Å². The Labute approximate surface area is 193 Å². The molecule has 0 saturated carbocycles. The molecule has 3 amide bonds. The Hall–Kier alpha value is -2.06. The Bertz CT molecular complexity index is 1130. The van der Waals surface area contributed by atoms with Crippen LogP contribution in [0.3, 0.4) is 0 Å². The fourth-order valence-corrected chi connectivity index (χ4v) is 6.00. The first-order valence-electron chi connectivity index (χ1n) is 9.90. The second-order valence-electron chi connectivity index (χ2n) is 7.95. The number of hydrogen-bond donors (Lipinski definition) is 2. The molecule has 3 heterocycles. The van der Waals surface area contributed by atoms with Crippen molar-refractivity contribution in [3.63, 3.8) is 0 Å². The molecule has 0 unspecified atom stereocenters. The highest BCUT2D eigenvalue weighted by Crippen LogP contribution is 2.54. The zero-order valence-electron chi connectivity index (χ0n) is 16.5. The van der Waals surface area contributed by atoms with Crippen molar-refractivity contribution >= 4 is 64.1 Å². The minimum atomic E-state index is -1.29. The van der Waals surface area contributed by atoms with E-state index >= 15 is 0 Å². The molecule has 3 aliphatic rings. The van der Waals surface area contributed by atoms with E-state index in [0.29, 0.717) is 22.7 Å². The molecule has 9 heteroatoms. The van der Waals surface area contributed by atoms with E-state index in [2.05, 4.69) is 10.6 Å². The van der Waals surface area contributed by atoms with Crippen LogP contribution in [0.5, 0.6) is 0 Å². The summed E-state index contributed by atoms with van der Waals surface area (Å²) in [6, 6.07) is 11.7. The van der Waals surface area contributed by atoms with E-state index in [9.17, 15) is 14.4 Å². The van der Waals surface area contributed by atoms with Gasteiger partial charge in [0.2, 0.25) is 17.7 Å². The Morgan fingerprint density at radius 3 is 2.65 bits per heavy atom. The lowest BCUT2D eigenvalue weighted by Gasteiger charge is -2.29. The molecule has 160 valence electrons. The Balaban J connectivity index is 1.67. The van der Waals surface area contributed by atoms with Crippen LogP contribution in [0.2, 0.25) is 10.0 Å².